The number of amides is 3. The molecule has 1 heterocycles. The highest BCUT2D eigenvalue weighted by atomic mass is 35.5. The highest BCUT2D eigenvalue weighted by molar-refractivity contribution is 6.30. The molecule has 0 aliphatic rings. The van der Waals surface area contributed by atoms with Crippen LogP contribution in [0, 0.1) is 0 Å². The van der Waals surface area contributed by atoms with E-state index in [9.17, 15) is 9.59 Å². The van der Waals surface area contributed by atoms with Crippen LogP contribution in [0.5, 0.6) is 0 Å². The number of aromatic nitrogens is 2. The van der Waals surface area contributed by atoms with Gasteiger partial charge in [-0.2, -0.15) is 4.98 Å². The molecule has 0 aliphatic carbocycles. The first-order valence-corrected chi connectivity index (χ1v) is 10.8. The van der Waals surface area contributed by atoms with E-state index in [0.29, 0.717) is 47.5 Å². The number of likely N-dealkylation sites (N-methyl/N-ethyl adjacent to an activating group) is 1. The number of benzene rings is 2. The van der Waals surface area contributed by atoms with Crippen LogP contribution in [0.25, 0.3) is 11.5 Å². The van der Waals surface area contributed by atoms with Gasteiger partial charge in [0.15, 0.2) is 5.82 Å². The van der Waals surface area contributed by atoms with Crippen molar-refractivity contribution < 1.29 is 14.1 Å². The van der Waals surface area contributed by atoms with Crippen molar-refractivity contribution in [3.8, 4) is 11.5 Å². The highest BCUT2D eigenvalue weighted by Crippen LogP contribution is 2.18. The van der Waals surface area contributed by atoms with E-state index in [1.54, 1.807) is 55.6 Å². The minimum Gasteiger partial charge on any atom is -0.352 e. The van der Waals surface area contributed by atoms with Crippen LogP contribution in [0.3, 0.4) is 0 Å². The summed E-state index contributed by atoms with van der Waals surface area (Å²) >= 11 is 5.86. The average molecular weight is 456 g/mol. The number of urea groups is 1. The van der Waals surface area contributed by atoms with Gasteiger partial charge in [0.2, 0.25) is 0 Å². The fourth-order valence-electron chi connectivity index (χ4n) is 2.84. The monoisotopic (exact) mass is 455 g/mol. The van der Waals surface area contributed by atoms with Crippen molar-refractivity contribution in [3.05, 3.63) is 64.9 Å². The van der Waals surface area contributed by atoms with E-state index in [0.717, 1.165) is 18.4 Å². The molecule has 0 aliphatic heterocycles. The second kappa shape index (κ2) is 11.3. The minimum absolute atomic E-state index is 0.101. The van der Waals surface area contributed by atoms with Crippen LogP contribution >= 0.6 is 11.6 Å². The summed E-state index contributed by atoms with van der Waals surface area (Å²) in [4.78, 5) is 30.3. The third-order valence-electron chi connectivity index (χ3n) is 4.79. The minimum atomic E-state index is -0.246. The van der Waals surface area contributed by atoms with Gasteiger partial charge >= 0.3 is 6.03 Å². The van der Waals surface area contributed by atoms with Gasteiger partial charge < -0.3 is 20.1 Å². The van der Waals surface area contributed by atoms with Crippen LogP contribution < -0.4 is 10.6 Å². The van der Waals surface area contributed by atoms with Crippen LogP contribution in [-0.4, -0.2) is 47.1 Å². The second-order valence-corrected chi connectivity index (χ2v) is 7.75. The number of nitrogens with one attached hydrogen (secondary N) is 2. The van der Waals surface area contributed by atoms with Crippen LogP contribution in [0.2, 0.25) is 5.02 Å². The van der Waals surface area contributed by atoms with Crippen molar-refractivity contribution in [2.45, 2.75) is 26.2 Å². The number of unbranched alkanes of at least 4 members (excludes halogenated alkanes) is 1. The van der Waals surface area contributed by atoms with E-state index >= 15 is 0 Å². The Labute approximate surface area is 192 Å². The van der Waals surface area contributed by atoms with Gasteiger partial charge in [-0.05, 0) is 55.0 Å². The molecule has 3 amide bonds. The van der Waals surface area contributed by atoms with E-state index in [1.807, 2.05) is 0 Å². The molecule has 2 aromatic carbocycles. The van der Waals surface area contributed by atoms with Gasteiger partial charge in [-0.15, -0.1) is 0 Å². The summed E-state index contributed by atoms with van der Waals surface area (Å²) in [6.45, 7) is 3.15. The molecular formula is C23H26ClN5O3. The zero-order valence-electron chi connectivity index (χ0n) is 18.1. The second-order valence-electron chi connectivity index (χ2n) is 7.31. The molecule has 168 valence electrons. The number of anilines is 1. The summed E-state index contributed by atoms with van der Waals surface area (Å²) in [6.07, 6.45) is 2.42. The molecule has 0 saturated carbocycles. The Morgan fingerprint density at radius 1 is 1.09 bits per heavy atom. The molecule has 2 N–H and O–H groups in total. The SMILES string of the molecule is CCCCNC(=O)c1ccc(-c2nc(CCN(C)C(=O)Nc3ccc(Cl)cc3)no2)cc1. The third kappa shape index (κ3) is 6.55. The third-order valence-corrected chi connectivity index (χ3v) is 5.04. The maximum atomic E-state index is 12.3. The molecule has 0 fully saturated rings. The van der Waals surface area contributed by atoms with E-state index in [4.69, 9.17) is 16.1 Å². The quantitative estimate of drug-likeness (QED) is 0.458. The molecular weight excluding hydrogens is 430 g/mol. The van der Waals surface area contributed by atoms with Gasteiger partial charge in [0.05, 0.1) is 0 Å². The molecule has 0 atom stereocenters. The van der Waals surface area contributed by atoms with Gasteiger partial charge in [-0.25, -0.2) is 4.79 Å². The molecule has 3 aromatic rings. The Morgan fingerprint density at radius 3 is 2.50 bits per heavy atom. The first kappa shape index (κ1) is 23.3. The zero-order valence-corrected chi connectivity index (χ0v) is 18.9. The highest BCUT2D eigenvalue weighted by Gasteiger charge is 2.13. The molecule has 0 unspecified atom stereocenters. The predicted molar refractivity (Wildman–Crippen MR) is 124 cm³/mol. The summed E-state index contributed by atoms with van der Waals surface area (Å²) in [5.41, 5.74) is 1.97. The Bertz CT molecular complexity index is 1030. The number of carbonyl (C=O) groups excluding carboxylic acids is 2. The van der Waals surface area contributed by atoms with Gasteiger partial charge in [0.25, 0.3) is 11.8 Å². The topological polar surface area (TPSA) is 100 Å². The van der Waals surface area contributed by atoms with E-state index < -0.39 is 0 Å². The van der Waals surface area contributed by atoms with Crippen molar-refractivity contribution in [3.63, 3.8) is 0 Å². The average Bonchev–Trinajstić information content (AvgIpc) is 3.28. The molecule has 0 spiro atoms. The molecule has 1 aromatic heterocycles. The standard InChI is InChI=1S/C23H26ClN5O3/c1-3-4-14-25-21(30)16-5-7-17(8-6-16)22-27-20(28-32-22)13-15-29(2)23(31)26-19-11-9-18(24)10-12-19/h5-12H,3-4,13-15H2,1-2H3,(H,25,30)(H,26,31). The lowest BCUT2D eigenvalue weighted by atomic mass is 10.1. The lowest BCUT2D eigenvalue weighted by molar-refractivity contribution is 0.0953. The molecule has 0 saturated heterocycles. The van der Waals surface area contributed by atoms with Crippen molar-refractivity contribution in [2.75, 3.05) is 25.5 Å². The summed E-state index contributed by atoms with van der Waals surface area (Å²) in [7, 11) is 1.69. The predicted octanol–water partition coefficient (Wildman–Crippen LogP) is 4.63. The van der Waals surface area contributed by atoms with Gasteiger partial charge in [-0.3, -0.25) is 4.79 Å². The van der Waals surface area contributed by atoms with Crippen LogP contribution in [-0.2, 0) is 6.42 Å². The van der Waals surface area contributed by atoms with Crippen molar-refractivity contribution in [1.82, 2.24) is 20.4 Å². The van der Waals surface area contributed by atoms with Crippen LogP contribution in [0.1, 0.15) is 35.9 Å². The summed E-state index contributed by atoms with van der Waals surface area (Å²) in [6, 6.07) is 13.7. The smallest absolute Gasteiger partial charge is 0.321 e. The first-order valence-electron chi connectivity index (χ1n) is 10.4. The number of hydrogen-bond acceptors (Lipinski definition) is 5. The lowest BCUT2D eigenvalue weighted by Gasteiger charge is -2.17. The number of hydrogen-bond donors (Lipinski definition) is 2. The Kier molecular flexibility index (Phi) is 8.21. The van der Waals surface area contributed by atoms with E-state index in [1.165, 1.54) is 4.90 Å². The van der Waals surface area contributed by atoms with Gasteiger partial charge in [0.1, 0.15) is 0 Å². The normalized spacial score (nSPS) is 10.6. The Morgan fingerprint density at radius 2 is 1.81 bits per heavy atom. The molecule has 9 heteroatoms. The Hall–Kier alpha value is -3.39. The molecule has 3 rings (SSSR count). The number of halogens is 1. The van der Waals surface area contributed by atoms with Gasteiger partial charge in [0, 0.05) is 48.4 Å². The van der Waals surface area contributed by atoms with E-state index in [2.05, 4.69) is 27.7 Å². The maximum Gasteiger partial charge on any atom is 0.321 e. The van der Waals surface area contributed by atoms with Crippen LogP contribution in [0.15, 0.2) is 53.1 Å². The van der Waals surface area contributed by atoms with Gasteiger partial charge in [-0.1, -0.05) is 30.1 Å². The number of rotatable bonds is 9. The molecule has 8 nitrogen and oxygen atoms in total. The number of nitrogens with zero attached hydrogens (tertiary/aromatic N) is 3. The van der Waals surface area contributed by atoms with Crippen LogP contribution in [0.4, 0.5) is 10.5 Å². The Balaban J connectivity index is 1.51. The van der Waals surface area contributed by atoms with E-state index in [-0.39, 0.29) is 11.9 Å². The fourth-order valence-corrected chi connectivity index (χ4v) is 2.97. The van der Waals surface area contributed by atoms with Crippen molar-refractivity contribution in [1.29, 1.82) is 0 Å². The maximum absolute atomic E-state index is 12.3. The first-order chi connectivity index (χ1) is 15.5. The summed E-state index contributed by atoms with van der Waals surface area (Å²) in [5, 5.41) is 10.3. The molecule has 0 radical (unpaired) electrons. The molecule has 0 bridgehead atoms. The fraction of sp³-hybridized carbons (Fsp3) is 0.304. The van der Waals surface area contributed by atoms with Crippen molar-refractivity contribution in [2.24, 2.45) is 0 Å². The lowest BCUT2D eigenvalue weighted by Crippen LogP contribution is -2.33. The summed E-state index contributed by atoms with van der Waals surface area (Å²) < 4.78 is 5.34. The molecule has 32 heavy (non-hydrogen) atoms. The summed E-state index contributed by atoms with van der Waals surface area (Å²) in [5.74, 6) is 0.759. The number of carbonyl (C=O) groups is 2. The zero-order chi connectivity index (χ0) is 22.9. The van der Waals surface area contributed by atoms with Crippen molar-refractivity contribution >= 4 is 29.2 Å². The largest absolute Gasteiger partial charge is 0.352 e.